The predicted octanol–water partition coefficient (Wildman–Crippen LogP) is 5.64. The van der Waals surface area contributed by atoms with Gasteiger partial charge in [0.05, 0.1) is 17.7 Å². The largest absolute Gasteiger partial charge is 0.497 e. The molecule has 0 saturated heterocycles. The normalized spacial score (nSPS) is 11.9. The number of methoxy groups -OCH3 is 1. The lowest BCUT2D eigenvalue weighted by atomic mass is 10.1. The van der Waals surface area contributed by atoms with Gasteiger partial charge in [-0.2, -0.15) is 0 Å². The molecule has 1 atom stereocenters. The first-order valence-electron chi connectivity index (χ1n) is 12.8. The molecule has 0 aliphatic heterocycles. The molecule has 0 bridgehead atoms. The molecule has 214 valence electrons. The van der Waals surface area contributed by atoms with E-state index in [1.54, 1.807) is 25.1 Å². The smallest absolute Gasteiger partial charge is 0.264 e. The van der Waals surface area contributed by atoms with Crippen molar-refractivity contribution in [1.29, 1.82) is 0 Å². The number of rotatable bonds is 13. The highest BCUT2D eigenvalue weighted by molar-refractivity contribution is 9.10. The summed E-state index contributed by atoms with van der Waals surface area (Å²) in [5, 5.41) is 3.19. The van der Waals surface area contributed by atoms with E-state index in [-0.39, 0.29) is 23.0 Å². The number of unbranched alkanes of at least 4 members (excludes halogenated alkanes) is 1. The van der Waals surface area contributed by atoms with Crippen molar-refractivity contribution in [1.82, 2.24) is 10.2 Å². The minimum atomic E-state index is -4.20. The molecule has 11 heteroatoms. The fourth-order valence-corrected chi connectivity index (χ4v) is 5.79. The first-order valence-corrected chi connectivity index (χ1v) is 15.4. The topological polar surface area (TPSA) is 96.0 Å². The molecule has 0 aliphatic rings. The number of hydrogen-bond acceptors (Lipinski definition) is 5. The van der Waals surface area contributed by atoms with Crippen molar-refractivity contribution >= 4 is 55.1 Å². The molecule has 0 saturated carbocycles. The molecule has 40 heavy (non-hydrogen) atoms. The van der Waals surface area contributed by atoms with Crippen LogP contribution in [0.4, 0.5) is 5.69 Å². The second kappa shape index (κ2) is 14.5. The molecule has 8 nitrogen and oxygen atoms in total. The number of anilines is 1. The molecule has 0 aromatic heterocycles. The van der Waals surface area contributed by atoms with Gasteiger partial charge in [-0.3, -0.25) is 13.9 Å². The molecule has 0 unspecified atom stereocenters. The maximum Gasteiger partial charge on any atom is 0.264 e. The Morgan fingerprint density at radius 1 is 1.05 bits per heavy atom. The zero-order valence-electron chi connectivity index (χ0n) is 22.6. The van der Waals surface area contributed by atoms with Gasteiger partial charge in [0.15, 0.2) is 0 Å². The lowest BCUT2D eigenvalue weighted by molar-refractivity contribution is -0.139. The Morgan fingerprint density at radius 2 is 1.73 bits per heavy atom. The van der Waals surface area contributed by atoms with Crippen molar-refractivity contribution in [2.45, 2.75) is 44.2 Å². The van der Waals surface area contributed by atoms with E-state index in [0.717, 1.165) is 27.2 Å². The summed E-state index contributed by atoms with van der Waals surface area (Å²) in [5.41, 5.74) is 1.01. The summed E-state index contributed by atoms with van der Waals surface area (Å²) in [6.45, 7) is 3.71. The number of nitrogens with zero attached hydrogens (tertiary/aromatic N) is 2. The average molecular weight is 651 g/mol. The molecule has 2 amide bonds. The molecule has 0 radical (unpaired) electrons. The van der Waals surface area contributed by atoms with Crippen LogP contribution in [0.2, 0.25) is 5.02 Å². The van der Waals surface area contributed by atoms with Crippen molar-refractivity contribution in [3.8, 4) is 5.75 Å². The van der Waals surface area contributed by atoms with Gasteiger partial charge in [0.1, 0.15) is 18.3 Å². The van der Waals surface area contributed by atoms with E-state index in [1.807, 2.05) is 31.2 Å². The Hall–Kier alpha value is -3.08. The Bertz CT molecular complexity index is 1400. The van der Waals surface area contributed by atoms with Gasteiger partial charge in [-0.25, -0.2) is 8.42 Å². The summed E-state index contributed by atoms with van der Waals surface area (Å²) in [7, 11) is -2.72. The molecule has 0 heterocycles. The Labute approximate surface area is 249 Å². The lowest BCUT2D eigenvalue weighted by Crippen LogP contribution is -2.51. The second-order valence-electron chi connectivity index (χ2n) is 9.14. The van der Waals surface area contributed by atoms with Gasteiger partial charge in [0.25, 0.3) is 10.0 Å². The summed E-state index contributed by atoms with van der Waals surface area (Å²) in [6.07, 6.45) is 1.72. The summed E-state index contributed by atoms with van der Waals surface area (Å²) in [4.78, 5) is 28.3. The summed E-state index contributed by atoms with van der Waals surface area (Å²) in [5.74, 6) is -0.364. The fourth-order valence-electron chi connectivity index (χ4n) is 3.94. The number of benzene rings is 3. The molecule has 0 fully saturated rings. The number of halogens is 2. The monoisotopic (exact) mass is 649 g/mol. The first kappa shape index (κ1) is 31.4. The molecular weight excluding hydrogens is 618 g/mol. The second-order valence-corrected chi connectivity index (χ2v) is 12.4. The van der Waals surface area contributed by atoms with E-state index >= 15 is 0 Å². The van der Waals surface area contributed by atoms with Gasteiger partial charge in [0, 0.05) is 22.6 Å². The van der Waals surface area contributed by atoms with Crippen LogP contribution >= 0.6 is 27.5 Å². The average Bonchev–Trinajstić information content (AvgIpc) is 2.95. The van der Waals surface area contributed by atoms with Crippen LogP contribution < -0.4 is 14.4 Å². The third-order valence-corrected chi connectivity index (χ3v) is 8.84. The van der Waals surface area contributed by atoms with Crippen LogP contribution in [0.15, 0.2) is 82.2 Å². The van der Waals surface area contributed by atoms with Crippen LogP contribution in [-0.4, -0.2) is 51.4 Å². The standard InChI is InChI=1S/C29H33BrClN3O5S/c1-4-5-17-32-29(36)21(2)33(19-22-9-11-23(30)12-10-22)28(35)20-34(25-8-6-7-24(31)18-25)40(37,38)27-15-13-26(39-3)14-16-27/h6-16,18,21H,4-5,17,19-20H2,1-3H3,(H,32,36)/t21-/m1/s1. The highest BCUT2D eigenvalue weighted by Crippen LogP contribution is 2.28. The number of hydrogen-bond donors (Lipinski definition) is 1. The van der Waals surface area contributed by atoms with Gasteiger partial charge in [-0.1, -0.05) is 59.1 Å². The highest BCUT2D eigenvalue weighted by atomic mass is 79.9. The molecule has 0 aliphatic carbocycles. The fraction of sp³-hybridized carbons (Fsp3) is 0.310. The summed E-state index contributed by atoms with van der Waals surface area (Å²) >= 11 is 9.61. The van der Waals surface area contributed by atoms with Crippen LogP contribution in [0.5, 0.6) is 5.75 Å². The van der Waals surface area contributed by atoms with Crippen LogP contribution in [0, 0.1) is 0 Å². The van der Waals surface area contributed by atoms with Crippen molar-refractivity contribution < 1.29 is 22.7 Å². The number of nitrogens with one attached hydrogen (secondary N) is 1. The quantitative estimate of drug-likeness (QED) is 0.242. The van der Waals surface area contributed by atoms with E-state index in [2.05, 4.69) is 21.2 Å². The van der Waals surface area contributed by atoms with Crippen LogP contribution in [0.3, 0.4) is 0 Å². The number of carbonyl (C=O) groups excluding carboxylic acids is 2. The van der Waals surface area contributed by atoms with E-state index in [4.69, 9.17) is 16.3 Å². The lowest BCUT2D eigenvalue weighted by Gasteiger charge is -2.32. The minimum absolute atomic E-state index is 0.0223. The van der Waals surface area contributed by atoms with Crippen LogP contribution in [-0.2, 0) is 26.2 Å². The SMILES string of the molecule is CCCCNC(=O)[C@@H](C)N(Cc1ccc(Br)cc1)C(=O)CN(c1cccc(Cl)c1)S(=O)(=O)c1ccc(OC)cc1. The third-order valence-electron chi connectivity index (χ3n) is 6.29. The number of sulfonamides is 1. The van der Waals surface area contributed by atoms with Gasteiger partial charge in [-0.05, 0) is 73.5 Å². The Kier molecular flexibility index (Phi) is 11.4. The summed E-state index contributed by atoms with van der Waals surface area (Å²) in [6, 6.07) is 18.7. The van der Waals surface area contributed by atoms with Crippen molar-refractivity contribution in [3.63, 3.8) is 0 Å². The first-order chi connectivity index (χ1) is 19.1. The maximum absolute atomic E-state index is 13.9. The van der Waals surface area contributed by atoms with Crippen LogP contribution in [0.1, 0.15) is 32.3 Å². The summed E-state index contributed by atoms with van der Waals surface area (Å²) < 4.78 is 34.8. The van der Waals surface area contributed by atoms with Crippen molar-refractivity contribution in [2.24, 2.45) is 0 Å². The molecule has 1 N–H and O–H groups in total. The highest BCUT2D eigenvalue weighted by Gasteiger charge is 2.32. The van der Waals surface area contributed by atoms with Crippen molar-refractivity contribution in [3.05, 3.63) is 87.9 Å². The van der Waals surface area contributed by atoms with E-state index < -0.39 is 28.5 Å². The van der Waals surface area contributed by atoms with Crippen molar-refractivity contribution in [2.75, 3.05) is 24.5 Å². The van der Waals surface area contributed by atoms with Gasteiger partial charge < -0.3 is 15.0 Å². The molecule has 3 aromatic rings. The van der Waals surface area contributed by atoms with Gasteiger partial charge in [0.2, 0.25) is 11.8 Å². The molecule has 3 aromatic carbocycles. The van der Waals surface area contributed by atoms with Crippen LogP contribution in [0.25, 0.3) is 0 Å². The van der Waals surface area contributed by atoms with Gasteiger partial charge in [-0.15, -0.1) is 0 Å². The zero-order chi connectivity index (χ0) is 29.3. The molecule has 3 rings (SSSR count). The van der Waals surface area contributed by atoms with E-state index in [9.17, 15) is 18.0 Å². The Balaban J connectivity index is 2.00. The van der Waals surface area contributed by atoms with Gasteiger partial charge >= 0.3 is 0 Å². The van der Waals surface area contributed by atoms with E-state index in [0.29, 0.717) is 17.3 Å². The maximum atomic E-state index is 13.9. The number of ether oxygens (including phenoxy) is 1. The zero-order valence-corrected chi connectivity index (χ0v) is 25.8. The molecular formula is C29H33BrClN3O5S. The third kappa shape index (κ3) is 8.22. The number of carbonyl (C=O) groups is 2. The molecule has 0 spiro atoms. The Morgan fingerprint density at radius 3 is 2.33 bits per heavy atom. The van der Waals surface area contributed by atoms with E-state index in [1.165, 1.54) is 42.3 Å². The number of amides is 2. The minimum Gasteiger partial charge on any atom is -0.497 e. The predicted molar refractivity (Wildman–Crippen MR) is 161 cm³/mol.